The summed E-state index contributed by atoms with van der Waals surface area (Å²) < 4.78 is 25.5. The highest BCUT2D eigenvalue weighted by atomic mass is 19.1. The molecule has 2 aromatic carbocycles. The minimum atomic E-state index is -1.79. The van der Waals surface area contributed by atoms with Crippen LogP contribution < -0.4 is 0 Å². The van der Waals surface area contributed by atoms with Gasteiger partial charge >= 0.3 is 5.97 Å². The van der Waals surface area contributed by atoms with E-state index >= 15 is 0 Å². The standard InChI is InChI=1S/C20H21FO3/c1-2-13-20(21,15-23-14-17-9-5-3-6-10-17)16-24-19(22)18-11-7-4-8-12-18/h2-12H,1,13-16H2/t20-/m0/s1. The third kappa shape index (κ3) is 5.63. The Morgan fingerprint density at radius 3 is 2.29 bits per heavy atom. The molecule has 0 aliphatic carbocycles. The van der Waals surface area contributed by atoms with E-state index in [0.29, 0.717) is 12.2 Å². The summed E-state index contributed by atoms with van der Waals surface area (Å²) in [7, 11) is 0. The van der Waals surface area contributed by atoms with Gasteiger partial charge in [-0.25, -0.2) is 9.18 Å². The number of halogens is 1. The molecule has 0 heterocycles. The number of alkyl halides is 1. The van der Waals surface area contributed by atoms with Crippen LogP contribution in [0.15, 0.2) is 73.3 Å². The first-order valence-electron chi connectivity index (χ1n) is 7.77. The molecule has 0 aliphatic heterocycles. The number of esters is 1. The van der Waals surface area contributed by atoms with Crippen LogP contribution in [0.3, 0.4) is 0 Å². The highest BCUT2D eigenvalue weighted by Crippen LogP contribution is 2.20. The molecule has 0 aromatic heterocycles. The largest absolute Gasteiger partial charge is 0.459 e. The predicted molar refractivity (Wildman–Crippen MR) is 91.5 cm³/mol. The molecule has 2 rings (SSSR count). The van der Waals surface area contributed by atoms with E-state index in [-0.39, 0.29) is 19.6 Å². The van der Waals surface area contributed by atoms with Gasteiger partial charge in [0, 0.05) is 6.42 Å². The number of carbonyl (C=O) groups excluding carboxylic acids is 1. The fourth-order valence-electron chi connectivity index (χ4n) is 2.20. The molecule has 2 aromatic rings. The lowest BCUT2D eigenvalue weighted by Crippen LogP contribution is -2.35. The molecule has 0 amide bonds. The molecule has 24 heavy (non-hydrogen) atoms. The van der Waals surface area contributed by atoms with Crippen LogP contribution in [-0.4, -0.2) is 24.9 Å². The van der Waals surface area contributed by atoms with Crippen molar-refractivity contribution < 1.29 is 18.7 Å². The molecule has 0 N–H and O–H groups in total. The molecular weight excluding hydrogens is 307 g/mol. The first-order chi connectivity index (χ1) is 11.6. The van der Waals surface area contributed by atoms with E-state index in [2.05, 4.69) is 6.58 Å². The smallest absolute Gasteiger partial charge is 0.338 e. The normalized spacial score (nSPS) is 13.0. The summed E-state index contributed by atoms with van der Waals surface area (Å²) in [6.07, 6.45) is 1.51. The molecule has 0 spiro atoms. The number of hydrogen-bond acceptors (Lipinski definition) is 3. The Morgan fingerprint density at radius 2 is 1.67 bits per heavy atom. The van der Waals surface area contributed by atoms with Crippen LogP contribution in [0.2, 0.25) is 0 Å². The van der Waals surface area contributed by atoms with Crippen LogP contribution in [0.25, 0.3) is 0 Å². The maximum Gasteiger partial charge on any atom is 0.338 e. The second kappa shape index (κ2) is 8.99. The van der Waals surface area contributed by atoms with E-state index in [9.17, 15) is 9.18 Å². The lowest BCUT2D eigenvalue weighted by atomic mass is 10.0. The first kappa shape index (κ1) is 17.9. The molecule has 126 valence electrons. The van der Waals surface area contributed by atoms with E-state index in [1.807, 2.05) is 30.3 Å². The highest BCUT2D eigenvalue weighted by molar-refractivity contribution is 5.89. The zero-order valence-electron chi connectivity index (χ0n) is 13.5. The summed E-state index contributed by atoms with van der Waals surface area (Å²) in [6.45, 7) is 3.32. The zero-order chi connectivity index (χ0) is 17.3. The lowest BCUT2D eigenvalue weighted by molar-refractivity contribution is -0.0360. The molecule has 0 radical (unpaired) electrons. The van der Waals surface area contributed by atoms with Gasteiger partial charge in [0.15, 0.2) is 5.67 Å². The van der Waals surface area contributed by atoms with Crippen LogP contribution in [0, 0.1) is 0 Å². The second-order valence-corrected chi connectivity index (χ2v) is 5.56. The van der Waals surface area contributed by atoms with E-state index in [1.165, 1.54) is 6.08 Å². The third-order valence-electron chi connectivity index (χ3n) is 3.45. The Hall–Kier alpha value is -2.46. The third-order valence-corrected chi connectivity index (χ3v) is 3.45. The number of ether oxygens (including phenoxy) is 2. The van der Waals surface area contributed by atoms with Crippen molar-refractivity contribution in [2.75, 3.05) is 13.2 Å². The monoisotopic (exact) mass is 328 g/mol. The molecule has 0 saturated carbocycles. The molecule has 0 saturated heterocycles. The molecule has 0 aliphatic rings. The van der Waals surface area contributed by atoms with Gasteiger partial charge < -0.3 is 9.47 Å². The maximum absolute atomic E-state index is 14.9. The Bertz CT molecular complexity index is 642. The van der Waals surface area contributed by atoms with Crippen molar-refractivity contribution >= 4 is 5.97 Å². The summed E-state index contributed by atoms with van der Waals surface area (Å²) in [4.78, 5) is 11.9. The van der Waals surface area contributed by atoms with Gasteiger partial charge in [0.2, 0.25) is 0 Å². The summed E-state index contributed by atoms with van der Waals surface area (Å²) in [5.74, 6) is -0.551. The van der Waals surface area contributed by atoms with Crippen molar-refractivity contribution in [3.8, 4) is 0 Å². The van der Waals surface area contributed by atoms with Gasteiger partial charge in [-0.3, -0.25) is 0 Å². The maximum atomic E-state index is 14.9. The summed E-state index contributed by atoms with van der Waals surface area (Å²) in [6, 6.07) is 18.0. The van der Waals surface area contributed by atoms with Crippen molar-refractivity contribution in [2.45, 2.75) is 18.7 Å². The van der Waals surface area contributed by atoms with Crippen LogP contribution in [0.4, 0.5) is 4.39 Å². The SMILES string of the molecule is C=CC[C@](F)(COCc1ccccc1)COC(=O)c1ccccc1. The molecule has 0 bridgehead atoms. The van der Waals surface area contributed by atoms with E-state index in [0.717, 1.165) is 5.56 Å². The molecule has 0 fully saturated rings. The van der Waals surface area contributed by atoms with Crippen molar-refractivity contribution in [1.82, 2.24) is 0 Å². The average molecular weight is 328 g/mol. The fraction of sp³-hybridized carbons (Fsp3) is 0.250. The molecular formula is C20H21FO3. The molecule has 4 heteroatoms. The van der Waals surface area contributed by atoms with Gasteiger partial charge in [-0.1, -0.05) is 54.6 Å². The van der Waals surface area contributed by atoms with Crippen LogP contribution >= 0.6 is 0 Å². The zero-order valence-corrected chi connectivity index (χ0v) is 13.5. The summed E-state index contributed by atoms with van der Waals surface area (Å²) in [5, 5.41) is 0. The van der Waals surface area contributed by atoms with Gasteiger partial charge in [-0.15, -0.1) is 6.58 Å². The Balaban J connectivity index is 1.87. The lowest BCUT2D eigenvalue weighted by Gasteiger charge is -2.23. The summed E-state index contributed by atoms with van der Waals surface area (Å²) in [5.41, 5.74) is -0.440. The van der Waals surface area contributed by atoms with Crippen molar-refractivity contribution in [1.29, 1.82) is 0 Å². The minimum Gasteiger partial charge on any atom is -0.459 e. The van der Waals surface area contributed by atoms with Crippen molar-refractivity contribution in [3.63, 3.8) is 0 Å². The summed E-state index contributed by atoms with van der Waals surface area (Å²) >= 11 is 0. The van der Waals surface area contributed by atoms with Crippen molar-refractivity contribution in [3.05, 3.63) is 84.4 Å². The van der Waals surface area contributed by atoms with Crippen LogP contribution in [0.5, 0.6) is 0 Å². The quantitative estimate of drug-likeness (QED) is 0.507. The Labute approximate surface area is 141 Å². The molecule has 1 atom stereocenters. The minimum absolute atomic E-state index is 0.0455. The topological polar surface area (TPSA) is 35.5 Å². The van der Waals surface area contributed by atoms with Gasteiger partial charge in [0.1, 0.15) is 6.61 Å². The number of rotatable bonds is 9. The number of benzene rings is 2. The van der Waals surface area contributed by atoms with Crippen LogP contribution in [-0.2, 0) is 16.1 Å². The number of hydrogen-bond donors (Lipinski definition) is 0. The van der Waals surface area contributed by atoms with Gasteiger partial charge in [0.05, 0.1) is 18.8 Å². The van der Waals surface area contributed by atoms with Gasteiger partial charge in [0.25, 0.3) is 0 Å². The Morgan fingerprint density at radius 1 is 1.04 bits per heavy atom. The van der Waals surface area contributed by atoms with E-state index in [4.69, 9.17) is 9.47 Å². The average Bonchev–Trinajstić information content (AvgIpc) is 2.62. The molecule has 3 nitrogen and oxygen atoms in total. The van der Waals surface area contributed by atoms with E-state index < -0.39 is 11.6 Å². The number of carbonyl (C=O) groups is 1. The molecule has 0 unspecified atom stereocenters. The van der Waals surface area contributed by atoms with E-state index in [1.54, 1.807) is 30.3 Å². The predicted octanol–water partition coefficient (Wildman–Crippen LogP) is 4.34. The fourth-order valence-corrected chi connectivity index (χ4v) is 2.20. The first-order valence-corrected chi connectivity index (χ1v) is 7.77. The highest BCUT2D eigenvalue weighted by Gasteiger charge is 2.31. The number of allylic oxidation sites excluding steroid dienone is 1. The Kier molecular flexibility index (Phi) is 6.70. The second-order valence-electron chi connectivity index (χ2n) is 5.56. The van der Waals surface area contributed by atoms with Gasteiger partial charge in [-0.05, 0) is 17.7 Å². The van der Waals surface area contributed by atoms with Gasteiger partial charge in [-0.2, -0.15) is 0 Å². The van der Waals surface area contributed by atoms with Crippen LogP contribution in [0.1, 0.15) is 22.3 Å². The van der Waals surface area contributed by atoms with Crippen molar-refractivity contribution in [2.24, 2.45) is 0 Å².